The normalized spacial score (nSPS) is 13.6. The molecule has 1 aliphatic rings. The van der Waals surface area contributed by atoms with Gasteiger partial charge in [-0.05, 0) is 57.4 Å². The second-order valence-corrected chi connectivity index (χ2v) is 14.1. The number of amides is 2. The van der Waals surface area contributed by atoms with Gasteiger partial charge in [0.05, 0.1) is 11.9 Å². The van der Waals surface area contributed by atoms with Gasteiger partial charge in [-0.25, -0.2) is 8.42 Å². The number of hydrogen-bond donors (Lipinski definition) is 1. The molecule has 10 heteroatoms. The summed E-state index contributed by atoms with van der Waals surface area (Å²) in [5.74, 6) is 0.577. The third-order valence-corrected chi connectivity index (χ3v) is 8.36. The van der Waals surface area contributed by atoms with Gasteiger partial charge >= 0.3 is 0 Å². The molecule has 1 heterocycles. The van der Waals surface area contributed by atoms with Gasteiger partial charge in [0.2, 0.25) is 21.8 Å². The molecule has 0 radical (unpaired) electrons. The van der Waals surface area contributed by atoms with Crippen molar-refractivity contribution in [2.24, 2.45) is 0 Å². The van der Waals surface area contributed by atoms with Gasteiger partial charge in [0, 0.05) is 37.5 Å². The topological polar surface area (TPSA) is 105 Å². The summed E-state index contributed by atoms with van der Waals surface area (Å²) in [6.07, 6.45) is 1.79. The van der Waals surface area contributed by atoms with E-state index in [-0.39, 0.29) is 37.7 Å². The first kappa shape index (κ1) is 32.9. The summed E-state index contributed by atoms with van der Waals surface area (Å²) < 4.78 is 38.1. The van der Waals surface area contributed by atoms with Gasteiger partial charge in [-0.2, -0.15) is 0 Å². The molecule has 1 atom stereocenters. The van der Waals surface area contributed by atoms with E-state index in [2.05, 4.69) is 5.32 Å². The molecule has 1 N–H and O–H groups in total. The van der Waals surface area contributed by atoms with Gasteiger partial charge in [0.1, 0.15) is 19.3 Å². The molecule has 0 aromatic heterocycles. The number of hydrogen-bond acceptors (Lipinski definition) is 6. The fraction of sp³-hybridized carbons (Fsp3) is 0.412. The maximum atomic E-state index is 14.0. The molecule has 0 saturated carbocycles. The Hall–Kier alpha value is -4.05. The van der Waals surface area contributed by atoms with Gasteiger partial charge in [-0.3, -0.25) is 13.9 Å². The highest BCUT2D eigenvalue weighted by molar-refractivity contribution is 7.92. The molecule has 0 fully saturated rings. The lowest BCUT2D eigenvalue weighted by Gasteiger charge is -2.34. The number of benzene rings is 3. The molecular weight excluding hydrogens is 578 g/mol. The van der Waals surface area contributed by atoms with Crippen LogP contribution in [-0.2, 0) is 32.6 Å². The van der Waals surface area contributed by atoms with Crippen molar-refractivity contribution < 1.29 is 27.5 Å². The van der Waals surface area contributed by atoms with E-state index >= 15 is 0 Å². The van der Waals surface area contributed by atoms with Crippen LogP contribution in [0.5, 0.6) is 11.5 Å². The second kappa shape index (κ2) is 14.2. The lowest BCUT2D eigenvalue weighted by atomic mass is 10.00. The Labute approximate surface area is 261 Å². The molecule has 0 spiro atoms. The van der Waals surface area contributed by atoms with Crippen molar-refractivity contribution in [2.45, 2.75) is 65.1 Å². The third-order valence-electron chi connectivity index (χ3n) is 7.17. The van der Waals surface area contributed by atoms with Crippen LogP contribution in [0, 0.1) is 6.92 Å². The van der Waals surface area contributed by atoms with Gasteiger partial charge in [-0.1, -0.05) is 60.2 Å². The fourth-order valence-corrected chi connectivity index (χ4v) is 6.16. The lowest BCUT2D eigenvalue weighted by molar-refractivity contribution is -0.142. The van der Waals surface area contributed by atoms with Crippen LogP contribution in [0.3, 0.4) is 0 Å². The number of ether oxygens (including phenoxy) is 2. The Morgan fingerprint density at radius 2 is 1.59 bits per heavy atom. The van der Waals surface area contributed by atoms with E-state index in [0.29, 0.717) is 36.8 Å². The summed E-state index contributed by atoms with van der Waals surface area (Å²) in [6, 6.07) is 21.8. The Morgan fingerprint density at radius 1 is 0.909 bits per heavy atom. The van der Waals surface area contributed by atoms with E-state index in [1.807, 2.05) is 82.3 Å². The monoisotopic (exact) mass is 621 g/mol. The van der Waals surface area contributed by atoms with Crippen LogP contribution in [0.15, 0.2) is 72.8 Å². The molecule has 1 aliphatic heterocycles. The number of rotatable bonds is 12. The van der Waals surface area contributed by atoms with Crippen LogP contribution < -0.4 is 19.1 Å². The van der Waals surface area contributed by atoms with Crippen molar-refractivity contribution >= 4 is 27.5 Å². The highest BCUT2D eigenvalue weighted by atomic mass is 32.2. The minimum Gasteiger partial charge on any atom is -0.486 e. The number of carbonyl (C=O) groups excluding carboxylic acids is 2. The van der Waals surface area contributed by atoms with E-state index in [4.69, 9.17) is 9.47 Å². The first-order valence-electron chi connectivity index (χ1n) is 14.9. The van der Waals surface area contributed by atoms with Crippen molar-refractivity contribution in [3.05, 3.63) is 89.5 Å². The number of fused-ring (bicyclic) bond motifs is 1. The first-order chi connectivity index (χ1) is 20.8. The molecule has 0 bridgehead atoms. The zero-order valence-corrected chi connectivity index (χ0v) is 27.0. The number of carbonyl (C=O) groups is 2. The number of anilines is 1. The van der Waals surface area contributed by atoms with Gasteiger partial charge < -0.3 is 19.7 Å². The molecule has 236 valence electrons. The largest absolute Gasteiger partial charge is 0.486 e. The molecule has 0 aliphatic carbocycles. The van der Waals surface area contributed by atoms with E-state index in [9.17, 15) is 18.0 Å². The Kier molecular flexibility index (Phi) is 10.6. The van der Waals surface area contributed by atoms with Gasteiger partial charge in [0.25, 0.3) is 0 Å². The Morgan fingerprint density at radius 3 is 2.25 bits per heavy atom. The summed E-state index contributed by atoms with van der Waals surface area (Å²) in [5.41, 5.74) is 2.84. The summed E-state index contributed by atoms with van der Waals surface area (Å²) >= 11 is 0. The predicted octanol–water partition coefficient (Wildman–Crippen LogP) is 4.87. The predicted molar refractivity (Wildman–Crippen MR) is 172 cm³/mol. The highest BCUT2D eigenvalue weighted by Gasteiger charge is 2.32. The van der Waals surface area contributed by atoms with Crippen LogP contribution in [0.1, 0.15) is 50.3 Å². The zero-order chi connectivity index (χ0) is 31.9. The highest BCUT2D eigenvalue weighted by Crippen LogP contribution is 2.35. The summed E-state index contributed by atoms with van der Waals surface area (Å²) in [7, 11) is -3.66. The summed E-state index contributed by atoms with van der Waals surface area (Å²) in [5, 5.41) is 3.07. The molecule has 3 aromatic rings. The zero-order valence-electron chi connectivity index (χ0n) is 26.2. The number of aryl methyl sites for hydroxylation is 1. The molecule has 0 unspecified atom stereocenters. The number of nitrogens with one attached hydrogen (secondary N) is 1. The Bertz CT molecular complexity index is 1550. The molecule has 44 heavy (non-hydrogen) atoms. The smallest absolute Gasteiger partial charge is 0.243 e. The lowest BCUT2D eigenvalue weighted by Crippen LogP contribution is -2.54. The molecular formula is C34H43N3O6S. The van der Waals surface area contributed by atoms with Crippen LogP contribution in [0.25, 0.3) is 0 Å². The standard InChI is InChI=1S/C34H43N3O6S/c1-25-11-9-14-27(21-25)24-36(29(33(39)35-34(2,3)4)22-26-12-7-6-8-13-26)32(38)15-10-18-37(44(5,40)41)28-16-17-30-31(23-28)43-20-19-42-30/h6-9,11-14,16-17,21,23,29H,10,15,18-20,22,24H2,1-5H3,(H,35,39)/t29-/m0/s1. The SMILES string of the molecule is Cc1cccc(CN(C(=O)CCCN(c2ccc3c(c2)OCCO3)S(C)(=O)=O)[C@@H](Cc2ccccc2)C(=O)NC(C)(C)C)c1. The van der Waals surface area contributed by atoms with E-state index < -0.39 is 21.6 Å². The molecule has 0 saturated heterocycles. The quantitative estimate of drug-likeness (QED) is 0.310. The Balaban J connectivity index is 1.59. The van der Waals surface area contributed by atoms with Gasteiger partial charge in [0.15, 0.2) is 11.5 Å². The average Bonchev–Trinajstić information content (AvgIpc) is 2.96. The van der Waals surface area contributed by atoms with Crippen LogP contribution in [0.2, 0.25) is 0 Å². The van der Waals surface area contributed by atoms with E-state index in [1.165, 1.54) is 4.31 Å². The minimum absolute atomic E-state index is 0.0521. The van der Waals surface area contributed by atoms with Crippen LogP contribution in [-0.4, -0.2) is 62.7 Å². The van der Waals surface area contributed by atoms with Crippen molar-refractivity contribution in [3.63, 3.8) is 0 Å². The van der Waals surface area contributed by atoms with E-state index in [1.54, 1.807) is 23.1 Å². The van der Waals surface area contributed by atoms with Crippen molar-refractivity contribution in [1.29, 1.82) is 0 Å². The van der Waals surface area contributed by atoms with Gasteiger partial charge in [-0.15, -0.1) is 0 Å². The minimum atomic E-state index is -3.66. The maximum Gasteiger partial charge on any atom is 0.243 e. The molecule has 9 nitrogen and oxygen atoms in total. The number of sulfonamides is 1. The summed E-state index contributed by atoms with van der Waals surface area (Å²) in [6.45, 7) is 8.86. The van der Waals surface area contributed by atoms with Crippen LogP contribution in [0.4, 0.5) is 5.69 Å². The fourth-order valence-electron chi connectivity index (χ4n) is 5.21. The average molecular weight is 622 g/mol. The van der Waals surface area contributed by atoms with E-state index in [0.717, 1.165) is 22.9 Å². The van der Waals surface area contributed by atoms with Crippen molar-refractivity contribution in [3.8, 4) is 11.5 Å². The first-order valence-corrected chi connectivity index (χ1v) is 16.7. The number of nitrogens with zero attached hydrogens (tertiary/aromatic N) is 2. The third kappa shape index (κ3) is 9.22. The second-order valence-electron chi connectivity index (χ2n) is 12.2. The molecule has 2 amide bonds. The van der Waals surface area contributed by atoms with Crippen molar-refractivity contribution in [1.82, 2.24) is 10.2 Å². The molecule has 3 aromatic carbocycles. The van der Waals surface area contributed by atoms with Crippen LogP contribution >= 0.6 is 0 Å². The molecule has 4 rings (SSSR count). The summed E-state index contributed by atoms with van der Waals surface area (Å²) in [4.78, 5) is 29.4. The maximum absolute atomic E-state index is 14.0. The van der Waals surface area contributed by atoms with Crippen molar-refractivity contribution in [2.75, 3.05) is 30.3 Å².